The van der Waals surface area contributed by atoms with Crippen LogP contribution in [0.3, 0.4) is 0 Å². The zero-order chi connectivity index (χ0) is 9.80. The molecule has 2 heteroatoms. The molecule has 3 atom stereocenters. The predicted octanol–water partition coefficient (Wildman–Crippen LogP) is 2.76. The molecule has 1 saturated heterocycles. The molecule has 14 heavy (non-hydrogen) atoms. The largest absolute Gasteiger partial charge is 0.376 e. The first-order valence-corrected chi connectivity index (χ1v) is 6.11. The lowest BCUT2D eigenvalue weighted by Gasteiger charge is -2.32. The zero-order valence-electron chi connectivity index (χ0n) is 9.21. The first-order chi connectivity index (χ1) is 6.88. The van der Waals surface area contributed by atoms with Crippen molar-refractivity contribution in [2.45, 2.75) is 57.7 Å². The molecule has 0 spiro atoms. The lowest BCUT2D eigenvalue weighted by molar-refractivity contribution is -0.115. The third-order valence-electron chi connectivity index (χ3n) is 3.62. The third-order valence-corrected chi connectivity index (χ3v) is 3.62. The molecule has 0 bridgehead atoms. The van der Waals surface area contributed by atoms with E-state index in [1.165, 1.54) is 38.5 Å². The Morgan fingerprint density at radius 1 is 1.29 bits per heavy atom. The SMILES string of the molecule is CCC1CCCC(OCC2CCO2)C1. The van der Waals surface area contributed by atoms with E-state index in [0.29, 0.717) is 12.2 Å². The molecule has 1 saturated carbocycles. The molecule has 0 aromatic rings. The van der Waals surface area contributed by atoms with Crippen molar-refractivity contribution < 1.29 is 9.47 Å². The summed E-state index contributed by atoms with van der Waals surface area (Å²) < 4.78 is 11.2. The second kappa shape index (κ2) is 5.13. The highest BCUT2D eigenvalue weighted by molar-refractivity contribution is 4.74. The van der Waals surface area contributed by atoms with E-state index in [2.05, 4.69) is 6.92 Å². The fourth-order valence-corrected chi connectivity index (χ4v) is 2.42. The second-order valence-corrected chi connectivity index (χ2v) is 4.68. The van der Waals surface area contributed by atoms with Crippen molar-refractivity contribution in [2.24, 2.45) is 5.92 Å². The van der Waals surface area contributed by atoms with Gasteiger partial charge in [-0.15, -0.1) is 0 Å². The van der Waals surface area contributed by atoms with Crippen LogP contribution in [0.25, 0.3) is 0 Å². The van der Waals surface area contributed by atoms with E-state index in [0.717, 1.165) is 19.1 Å². The van der Waals surface area contributed by atoms with Gasteiger partial charge in [-0.3, -0.25) is 0 Å². The average molecular weight is 198 g/mol. The van der Waals surface area contributed by atoms with Gasteiger partial charge in [0.2, 0.25) is 0 Å². The number of rotatable bonds is 4. The van der Waals surface area contributed by atoms with Crippen LogP contribution in [0.15, 0.2) is 0 Å². The van der Waals surface area contributed by atoms with Crippen molar-refractivity contribution in [3.63, 3.8) is 0 Å². The summed E-state index contributed by atoms with van der Waals surface area (Å²) in [5, 5.41) is 0. The fraction of sp³-hybridized carbons (Fsp3) is 1.00. The van der Waals surface area contributed by atoms with Crippen LogP contribution in [0.5, 0.6) is 0 Å². The van der Waals surface area contributed by atoms with Crippen LogP contribution in [-0.2, 0) is 9.47 Å². The summed E-state index contributed by atoms with van der Waals surface area (Å²) in [6.45, 7) is 4.07. The summed E-state index contributed by atoms with van der Waals surface area (Å²) >= 11 is 0. The van der Waals surface area contributed by atoms with Gasteiger partial charge in [-0.05, 0) is 25.2 Å². The smallest absolute Gasteiger partial charge is 0.0830 e. The minimum absolute atomic E-state index is 0.414. The number of ether oxygens (including phenoxy) is 2. The first kappa shape index (κ1) is 10.4. The van der Waals surface area contributed by atoms with Crippen LogP contribution in [0.2, 0.25) is 0 Å². The number of hydrogen-bond acceptors (Lipinski definition) is 2. The van der Waals surface area contributed by atoms with Gasteiger partial charge in [-0.25, -0.2) is 0 Å². The van der Waals surface area contributed by atoms with Gasteiger partial charge < -0.3 is 9.47 Å². The maximum absolute atomic E-state index is 5.89. The van der Waals surface area contributed by atoms with Crippen molar-refractivity contribution >= 4 is 0 Å². The Balaban J connectivity index is 1.63. The van der Waals surface area contributed by atoms with Crippen molar-refractivity contribution in [1.29, 1.82) is 0 Å². The molecule has 2 rings (SSSR count). The molecule has 2 nitrogen and oxygen atoms in total. The standard InChI is InChI=1S/C12H22O2/c1-2-10-4-3-5-11(8-10)14-9-12-6-7-13-12/h10-12H,2-9H2,1H3. The van der Waals surface area contributed by atoms with Crippen LogP contribution < -0.4 is 0 Å². The molecule has 0 aromatic heterocycles. The van der Waals surface area contributed by atoms with Gasteiger partial charge in [0.15, 0.2) is 0 Å². The maximum atomic E-state index is 5.89. The van der Waals surface area contributed by atoms with E-state index in [9.17, 15) is 0 Å². The summed E-state index contributed by atoms with van der Waals surface area (Å²) in [5.74, 6) is 0.913. The molecule has 0 aromatic carbocycles. The lowest BCUT2D eigenvalue weighted by atomic mass is 9.85. The topological polar surface area (TPSA) is 18.5 Å². The molecule has 2 fully saturated rings. The van der Waals surface area contributed by atoms with Gasteiger partial charge in [0, 0.05) is 6.61 Å². The second-order valence-electron chi connectivity index (χ2n) is 4.68. The van der Waals surface area contributed by atoms with Crippen molar-refractivity contribution in [1.82, 2.24) is 0 Å². The molecule has 0 N–H and O–H groups in total. The summed E-state index contributed by atoms with van der Waals surface area (Å²) in [6, 6.07) is 0. The quantitative estimate of drug-likeness (QED) is 0.691. The van der Waals surface area contributed by atoms with Gasteiger partial charge in [0.05, 0.1) is 18.8 Å². The van der Waals surface area contributed by atoms with Gasteiger partial charge >= 0.3 is 0 Å². The predicted molar refractivity (Wildman–Crippen MR) is 56.3 cm³/mol. The highest BCUT2D eigenvalue weighted by Crippen LogP contribution is 2.28. The van der Waals surface area contributed by atoms with Gasteiger partial charge in [-0.1, -0.05) is 26.2 Å². The Morgan fingerprint density at radius 2 is 2.14 bits per heavy atom. The monoisotopic (exact) mass is 198 g/mol. The van der Waals surface area contributed by atoms with E-state index in [1.807, 2.05) is 0 Å². The Morgan fingerprint density at radius 3 is 2.79 bits per heavy atom. The molecule has 3 unspecified atom stereocenters. The number of hydrogen-bond donors (Lipinski definition) is 0. The van der Waals surface area contributed by atoms with Gasteiger partial charge in [-0.2, -0.15) is 0 Å². The zero-order valence-corrected chi connectivity index (χ0v) is 9.21. The van der Waals surface area contributed by atoms with E-state index in [-0.39, 0.29) is 0 Å². The third kappa shape index (κ3) is 2.71. The van der Waals surface area contributed by atoms with Crippen molar-refractivity contribution in [3.8, 4) is 0 Å². The highest BCUT2D eigenvalue weighted by Gasteiger charge is 2.24. The maximum Gasteiger partial charge on any atom is 0.0830 e. The lowest BCUT2D eigenvalue weighted by Crippen LogP contribution is -2.34. The molecule has 1 heterocycles. The minimum Gasteiger partial charge on any atom is -0.376 e. The molecular formula is C12H22O2. The summed E-state index contributed by atoms with van der Waals surface area (Å²) in [5.41, 5.74) is 0. The van der Waals surface area contributed by atoms with Crippen LogP contribution in [-0.4, -0.2) is 25.4 Å². The van der Waals surface area contributed by atoms with E-state index in [1.54, 1.807) is 0 Å². The van der Waals surface area contributed by atoms with E-state index in [4.69, 9.17) is 9.47 Å². The van der Waals surface area contributed by atoms with Crippen LogP contribution in [0.4, 0.5) is 0 Å². The van der Waals surface area contributed by atoms with Crippen LogP contribution in [0, 0.1) is 5.92 Å². The van der Waals surface area contributed by atoms with E-state index < -0.39 is 0 Å². The van der Waals surface area contributed by atoms with E-state index >= 15 is 0 Å². The molecule has 1 aliphatic carbocycles. The van der Waals surface area contributed by atoms with Crippen molar-refractivity contribution in [2.75, 3.05) is 13.2 Å². The Hall–Kier alpha value is -0.0800. The molecule has 0 radical (unpaired) electrons. The van der Waals surface area contributed by atoms with Crippen LogP contribution in [0.1, 0.15) is 45.4 Å². The minimum atomic E-state index is 0.414. The van der Waals surface area contributed by atoms with Crippen LogP contribution >= 0.6 is 0 Å². The summed E-state index contributed by atoms with van der Waals surface area (Å²) in [6.07, 6.45) is 8.77. The van der Waals surface area contributed by atoms with Gasteiger partial charge in [0.1, 0.15) is 0 Å². The van der Waals surface area contributed by atoms with Gasteiger partial charge in [0.25, 0.3) is 0 Å². The Kier molecular flexibility index (Phi) is 3.82. The molecule has 1 aliphatic heterocycles. The average Bonchev–Trinajstić information content (AvgIpc) is 2.16. The summed E-state index contributed by atoms with van der Waals surface area (Å²) in [7, 11) is 0. The normalized spacial score (nSPS) is 37.9. The fourth-order valence-electron chi connectivity index (χ4n) is 2.42. The summed E-state index contributed by atoms with van der Waals surface area (Å²) in [4.78, 5) is 0. The molecular weight excluding hydrogens is 176 g/mol. The Labute approximate surface area is 87.0 Å². The Bertz CT molecular complexity index is 166. The molecule has 2 aliphatic rings. The highest BCUT2D eigenvalue weighted by atomic mass is 16.5. The molecule has 0 amide bonds. The van der Waals surface area contributed by atoms with Crippen molar-refractivity contribution in [3.05, 3.63) is 0 Å². The first-order valence-electron chi connectivity index (χ1n) is 6.11. The molecule has 82 valence electrons.